The van der Waals surface area contributed by atoms with Gasteiger partial charge in [-0.25, -0.2) is 0 Å². The summed E-state index contributed by atoms with van der Waals surface area (Å²) in [4.78, 5) is 14.6. The van der Waals surface area contributed by atoms with Crippen molar-refractivity contribution in [2.75, 3.05) is 26.2 Å². The lowest BCUT2D eigenvalue weighted by Gasteiger charge is -2.26. The standard InChI is InChI=1S/C20H26N2O3/c1-15-10-16(2)12-17(11-15)25-14-20(23)21-13-18(19-6-5-9-24-19)22-7-3-4-8-22/h5-6,9-12,18H,3-4,7-8,13-14H2,1-2H3,(H,21,23)/t18-/m1/s1. The lowest BCUT2D eigenvalue weighted by molar-refractivity contribution is -0.123. The summed E-state index contributed by atoms with van der Waals surface area (Å²) in [6.45, 7) is 6.67. The number of nitrogens with zero attached hydrogens (tertiary/aromatic N) is 1. The number of furan rings is 1. The van der Waals surface area contributed by atoms with E-state index in [0.29, 0.717) is 6.54 Å². The molecule has 1 atom stereocenters. The zero-order chi connectivity index (χ0) is 17.6. The maximum atomic E-state index is 12.2. The van der Waals surface area contributed by atoms with Crippen LogP contribution in [0.25, 0.3) is 0 Å². The molecule has 25 heavy (non-hydrogen) atoms. The number of likely N-dealkylation sites (tertiary alicyclic amines) is 1. The lowest BCUT2D eigenvalue weighted by atomic mass is 10.1. The molecular formula is C20H26N2O3. The molecule has 5 nitrogen and oxygen atoms in total. The van der Waals surface area contributed by atoms with Crippen LogP contribution in [-0.4, -0.2) is 37.0 Å². The number of hydrogen-bond donors (Lipinski definition) is 1. The Morgan fingerprint density at radius 1 is 1.24 bits per heavy atom. The molecule has 1 fully saturated rings. The number of aryl methyl sites for hydroxylation is 2. The molecule has 1 saturated heterocycles. The van der Waals surface area contributed by atoms with Crippen LogP contribution >= 0.6 is 0 Å². The third-order valence-electron chi connectivity index (χ3n) is 4.51. The van der Waals surface area contributed by atoms with E-state index in [1.807, 2.05) is 38.1 Å². The number of ether oxygens (including phenoxy) is 1. The number of nitrogens with one attached hydrogen (secondary N) is 1. The molecule has 2 heterocycles. The van der Waals surface area contributed by atoms with Gasteiger partial charge in [-0.1, -0.05) is 6.07 Å². The largest absolute Gasteiger partial charge is 0.484 e. The molecule has 1 amide bonds. The van der Waals surface area contributed by atoms with Crippen LogP contribution in [0, 0.1) is 13.8 Å². The van der Waals surface area contributed by atoms with E-state index in [2.05, 4.69) is 16.3 Å². The molecule has 2 aromatic rings. The van der Waals surface area contributed by atoms with Gasteiger partial charge in [0.2, 0.25) is 0 Å². The van der Waals surface area contributed by atoms with Crippen molar-refractivity contribution in [2.45, 2.75) is 32.7 Å². The Hall–Kier alpha value is -2.27. The number of hydrogen-bond acceptors (Lipinski definition) is 4. The minimum atomic E-state index is -0.116. The van der Waals surface area contributed by atoms with Crippen LogP contribution in [0.2, 0.25) is 0 Å². The van der Waals surface area contributed by atoms with Crippen LogP contribution in [0.1, 0.15) is 35.8 Å². The second-order valence-corrected chi connectivity index (χ2v) is 6.69. The van der Waals surface area contributed by atoms with E-state index in [4.69, 9.17) is 9.15 Å². The highest BCUT2D eigenvalue weighted by Crippen LogP contribution is 2.24. The number of amides is 1. The lowest BCUT2D eigenvalue weighted by Crippen LogP contribution is -2.38. The van der Waals surface area contributed by atoms with E-state index < -0.39 is 0 Å². The summed E-state index contributed by atoms with van der Waals surface area (Å²) >= 11 is 0. The van der Waals surface area contributed by atoms with Crippen molar-refractivity contribution in [3.8, 4) is 5.75 Å². The topological polar surface area (TPSA) is 54.7 Å². The number of rotatable bonds is 7. The van der Waals surface area contributed by atoms with Gasteiger partial charge in [0.1, 0.15) is 11.5 Å². The first-order chi connectivity index (χ1) is 12.1. The summed E-state index contributed by atoms with van der Waals surface area (Å²) in [7, 11) is 0. The Balaban J connectivity index is 1.52. The fourth-order valence-electron chi connectivity index (χ4n) is 3.37. The minimum absolute atomic E-state index is 0.0216. The molecule has 1 N–H and O–H groups in total. The molecule has 134 valence electrons. The van der Waals surface area contributed by atoms with Gasteiger partial charge in [-0.05, 0) is 75.2 Å². The SMILES string of the molecule is Cc1cc(C)cc(OCC(=O)NC[C@H](c2ccco2)N2CCCC2)c1. The van der Waals surface area contributed by atoms with Gasteiger partial charge in [-0.3, -0.25) is 9.69 Å². The predicted octanol–water partition coefficient (Wildman–Crippen LogP) is 3.23. The summed E-state index contributed by atoms with van der Waals surface area (Å²) < 4.78 is 11.2. The van der Waals surface area contributed by atoms with E-state index >= 15 is 0 Å². The smallest absolute Gasteiger partial charge is 0.258 e. The average Bonchev–Trinajstić information content (AvgIpc) is 3.26. The minimum Gasteiger partial charge on any atom is -0.484 e. The second-order valence-electron chi connectivity index (χ2n) is 6.69. The van der Waals surface area contributed by atoms with E-state index in [1.165, 1.54) is 12.8 Å². The average molecular weight is 342 g/mol. The molecule has 0 aliphatic carbocycles. The molecule has 0 spiro atoms. The van der Waals surface area contributed by atoms with Crippen molar-refractivity contribution >= 4 is 5.91 Å². The van der Waals surface area contributed by atoms with E-state index in [9.17, 15) is 4.79 Å². The first-order valence-corrected chi connectivity index (χ1v) is 8.87. The first-order valence-electron chi connectivity index (χ1n) is 8.87. The van der Waals surface area contributed by atoms with Crippen molar-refractivity contribution in [1.29, 1.82) is 0 Å². The number of carbonyl (C=O) groups excluding carboxylic acids is 1. The second kappa shape index (κ2) is 8.21. The van der Waals surface area contributed by atoms with Crippen LogP contribution < -0.4 is 10.1 Å². The normalized spacial score (nSPS) is 15.9. The van der Waals surface area contributed by atoms with Gasteiger partial charge in [0.15, 0.2) is 6.61 Å². The number of carbonyl (C=O) groups is 1. The number of benzene rings is 1. The van der Waals surface area contributed by atoms with Gasteiger partial charge in [0.25, 0.3) is 5.91 Å². The third-order valence-corrected chi connectivity index (χ3v) is 4.51. The van der Waals surface area contributed by atoms with Crippen LogP contribution in [0.5, 0.6) is 5.75 Å². The zero-order valence-corrected chi connectivity index (χ0v) is 15.0. The quantitative estimate of drug-likeness (QED) is 0.839. The van der Waals surface area contributed by atoms with Crippen LogP contribution in [0.3, 0.4) is 0 Å². The van der Waals surface area contributed by atoms with Crippen molar-refractivity contribution in [3.63, 3.8) is 0 Å². The van der Waals surface area contributed by atoms with Gasteiger partial charge in [0, 0.05) is 6.54 Å². The molecule has 5 heteroatoms. The predicted molar refractivity (Wildman–Crippen MR) is 96.7 cm³/mol. The molecule has 1 aromatic carbocycles. The fourth-order valence-corrected chi connectivity index (χ4v) is 3.37. The Bertz CT molecular complexity index is 671. The van der Waals surface area contributed by atoms with Gasteiger partial charge in [-0.2, -0.15) is 0 Å². The first kappa shape index (κ1) is 17.5. The highest BCUT2D eigenvalue weighted by Gasteiger charge is 2.25. The van der Waals surface area contributed by atoms with Crippen LogP contribution in [-0.2, 0) is 4.79 Å². The van der Waals surface area contributed by atoms with Crippen molar-refractivity contribution in [1.82, 2.24) is 10.2 Å². The fraction of sp³-hybridized carbons (Fsp3) is 0.450. The summed E-state index contributed by atoms with van der Waals surface area (Å²) in [6.07, 6.45) is 4.07. The molecule has 3 rings (SSSR count). The van der Waals surface area contributed by atoms with Crippen molar-refractivity contribution in [2.24, 2.45) is 0 Å². The summed E-state index contributed by atoms with van der Waals surface area (Å²) in [5, 5.41) is 2.98. The van der Waals surface area contributed by atoms with Crippen molar-refractivity contribution < 1.29 is 13.9 Å². The molecule has 0 bridgehead atoms. The summed E-state index contributed by atoms with van der Waals surface area (Å²) in [6, 6.07) is 9.91. The third kappa shape index (κ3) is 4.86. The van der Waals surface area contributed by atoms with Crippen molar-refractivity contribution in [3.05, 3.63) is 53.5 Å². The Morgan fingerprint density at radius 2 is 1.96 bits per heavy atom. The monoisotopic (exact) mass is 342 g/mol. The Kier molecular flexibility index (Phi) is 5.76. The molecule has 1 aromatic heterocycles. The Morgan fingerprint density at radius 3 is 2.60 bits per heavy atom. The van der Waals surface area contributed by atoms with Gasteiger partial charge in [-0.15, -0.1) is 0 Å². The van der Waals surface area contributed by atoms with Crippen LogP contribution in [0.15, 0.2) is 41.0 Å². The summed E-state index contributed by atoms with van der Waals surface area (Å²) in [5.74, 6) is 1.52. The molecule has 1 aliphatic heterocycles. The van der Waals surface area contributed by atoms with E-state index in [0.717, 1.165) is 35.7 Å². The van der Waals surface area contributed by atoms with Gasteiger partial charge >= 0.3 is 0 Å². The van der Waals surface area contributed by atoms with Crippen LogP contribution in [0.4, 0.5) is 0 Å². The summed E-state index contributed by atoms with van der Waals surface area (Å²) in [5.41, 5.74) is 2.25. The molecular weight excluding hydrogens is 316 g/mol. The highest BCUT2D eigenvalue weighted by atomic mass is 16.5. The maximum absolute atomic E-state index is 12.2. The molecule has 0 saturated carbocycles. The van der Waals surface area contributed by atoms with E-state index in [-0.39, 0.29) is 18.6 Å². The highest BCUT2D eigenvalue weighted by molar-refractivity contribution is 5.77. The molecule has 0 unspecified atom stereocenters. The maximum Gasteiger partial charge on any atom is 0.258 e. The van der Waals surface area contributed by atoms with Gasteiger partial charge < -0.3 is 14.5 Å². The molecule has 0 radical (unpaired) electrons. The zero-order valence-electron chi connectivity index (χ0n) is 15.0. The Labute approximate surface area is 149 Å². The molecule has 1 aliphatic rings. The van der Waals surface area contributed by atoms with E-state index in [1.54, 1.807) is 6.26 Å². The van der Waals surface area contributed by atoms with Gasteiger partial charge in [0.05, 0.1) is 12.3 Å².